The fourth-order valence-corrected chi connectivity index (χ4v) is 5.89. The van der Waals surface area contributed by atoms with Gasteiger partial charge >= 0.3 is 5.97 Å². The van der Waals surface area contributed by atoms with Crippen LogP contribution >= 0.6 is 11.3 Å². The molecule has 152 valence electrons. The first kappa shape index (κ1) is 19.8. The van der Waals surface area contributed by atoms with E-state index in [1.807, 2.05) is 31.4 Å². The van der Waals surface area contributed by atoms with Gasteiger partial charge in [0.2, 0.25) is 5.91 Å². The molecular weight excluding hydrogens is 384 g/mol. The van der Waals surface area contributed by atoms with E-state index >= 15 is 0 Å². The highest BCUT2D eigenvalue weighted by Crippen LogP contribution is 2.57. The minimum Gasteiger partial charge on any atom is -0.481 e. The maximum atomic E-state index is 13.1. The highest BCUT2D eigenvalue weighted by Gasteiger charge is 2.57. The molecule has 6 heteroatoms. The molecule has 2 aromatic rings. The first-order chi connectivity index (χ1) is 13.9. The number of nitrogens with one attached hydrogen (secondary N) is 1. The molecule has 4 rings (SSSR count). The Morgan fingerprint density at radius 2 is 1.79 bits per heavy atom. The monoisotopic (exact) mass is 410 g/mol. The number of aliphatic carboxylic acids is 1. The van der Waals surface area contributed by atoms with E-state index in [2.05, 4.69) is 29.4 Å². The van der Waals surface area contributed by atoms with Gasteiger partial charge in [0.15, 0.2) is 5.13 Å². The van der Waals surface area contributed by atoms with Gasteiger partial charge in [-0.1, -0.05) is 42.3 Å². The molecule has 1 aromatic heterocycles. The van der Waals surface area contributed by atoms with Crippen LogP contribution in [-0.4, -0.2) is 22.0 Å². The topological polar surface area (TPSA) is 79.3 Å². The summed E-state index contributed by atoms with van der Waals surface area (Å²) in [6.07, 6.45) is 2.74. The van der Waals surface area contributed by atoms with E-state index in [0.29, 0.717) is 5.13 Å². The van der Waals surface area contributed by atoms with Crippen LogP contribution in [0.5, 0.6) is 0 Å². The van der Waals surface area contributed by atoms with Crippen LogP contribution in [0.3, 0.4) is 0 Å². The van der Waals surface area contributed by atoms with Crippen molar-refractivity contribution in [1.82, 2.24) is 4.98 Å². The highest BCUT2D eigenvalue weighted by molar-refractivity contribution is 7.14. The summed E-state index contributed by atoms with van der Waals surface area (Å²) in [4.78, 5) is 29.6. The van der Waals surface area contributed by atoms with Crippen molar-refractivity contribution in [1.29, 1.82) is 0 Å². The van der Waals surface area contributed by atoms with E-state index in [0.717, 1.165) is 36.1 Å². The number of carboxylic acid groups (broad SMARTS) is 1. The molecule has 0 spiro atoms. The Balaban J connectivity index is 1.54. The maximum Gasteiger partial charge on any atom is 0.307 e. The van der Waals surface area contributed by atoms with Crippen LogP contribution in [0, 0.1) is 23.7 Å². The molecule has 2 aliphatic rings. The standard InChI is InChI=1S/C23H26N2O3S/c1-4-13-5-7-14(8-6-13)17-11-29-23(24-17)25-21(26)19-15-9-10-16(18(15)12(2)3)20(19)22(27)28/h5-8,11,15-16,19-20H,4,9-10H2,1-3H3,(H,27,28)(H,24,25,26). The second kappa shape index (κ2) is 7.75. The van der Waals surface area contributed by atoms with Gasteiger partial charge in [-0.25, -0.2) is 4.98 Å². The first-order valence-electron chi connectivity index (χ1n) is 10.2. The van der Waals surface area contributed by atoms with Crippen molar-refractivity contribution < 1.29 is 14.7 Å². The lowest BCUT2D eigenvalue weighted by molar-refractivity contribution is -0.148. The number of hydrogen-bond donors (Lipinski definition) is 2. The van der Waals surface area contributed by atoms with Crippen LogP contribution < -0.4 is 5.32 Å². The second-order valence-corrected chi connectivity index (χ2v) is 9.07. The van der Waals surface area contributed by atoms with Crippen LogP contribution in [0.15, 0.2) is 40.8 Å². The molecular formula is C23H26N2O3S. The SMILES string of the molecule is CCc1ccc(-c2csc(NC(=O)C3C4CCC(C4=C(C)C)C3C(=O)O)n2)cc1. The normalized spacial score (nSPS) is 25.3. The fourth-order valence-electron chi connectivity index (χ4n) is 5.17. The van der Waals surface area contributed by atoms with Gasteiger partial charge in [-0.3, -0.25) is 9.59 Å². The number of allylic oxidation sites excluding steroid dienone is 2. The second-order valence-electron chi connectivity index (χ2n) is 8.21. The summed E-state index contributed by atoms with van der Waals surface area (Å²) in [6.45, 7) is 6.17. The van der Waals surface area contributed by atoms with Crippen LogP contribution in [-0.2, 0) is 16.0 Å². The molecule has 2 aliphatic carbocycles. The molecule has 1 aromatic carbocycles. The van der Waals surface area contributed by atoms with Gasteiger partial charge in [-0.2, -0.15) is 0 Å². The first-order valence-corrected chi connectivity index (χ1v) is 11.0. The lowest BCUT2D eigenvalue weighted by atomic mass is 9.79. The number of fused-ring (bicyclic) bond motifs is 2. The predicted molar refractivity (Wildman–Crippen MR) is 115 cm³/mol. The fraction of sp³-hybridized carbons (Fsp3) is 0.435. The lowest BCUT2D eigenvalue weighted by Crippen LogP contribution is -2.37. The smallest absolute Gasteiger partial charge is 0.307 e. The Kier molecular flexibility index (Phi) is 5.30. The summed E-state index contributed by atoms with van der Waals surface area (Å²) in [5.74, 6) is -2.22. The van der Waals surface area contributed by atoms with Crippen molar-refractivity contribution in [2.45, 2.75) is 40.0 Å². The summed E-state index contributed by atoms with van der Waals surface area (Å²) in [5.41, 5.74) is 5.44. The highest BCUT2D eigenvalue weighted by atomic mass is 32.1. The van der Waals surface area contributed by atoms with E-state index in [9.17, 15) is 14.7 Å². The summed E-state index contributed by atoms with van der Waals surface area (Å²) >= 11 is 1.38. The number of carbonyl (C=O) groups is 2. The number of aryl methyl sites for hydroxylation is 1. The molecule has 5 nitrogen and oxygen atoms in total. The third-order valence-electron chi connectivity index (χ3n) is 6.40. The number of rotatable bonds is 5. The third kappa shape index (κ3) is 3.50. The molecule has 1 amide bonds. The van der Waals surface area contributed by atoms with Gasteiger partial charge < -0.3 is 10.4 Å². The number of thiazole rings is 1. The largest absolute Gasteiger partial charge is 0.481 e. The summed E-state index contributed by atoms with van der Waals surface area (Å²) in [7, 11) is 0. The molecule has 2 bridgehead atoms. The molecule has 2 fully saturated rings. The molecule has 2 saturated carbocycles. The third-order valence-corrected chi connectivity index (χ3v) is 7.16. The number of benzene rings is 1. The number of aromatic nitrogens is 1. The molecule has 1 heterocycles. The van der Waals surface area contributed by atoms with Crippen molar-refractivity contribution in [2.24, 2.45) is 23.7 Å². The van der Waals surface area contributed by atoms with E-state index in [1.165, 1.54) is 22.5 Å². The van der Waals surface area contributed by atoms with Gasteiger partial charge in [-0.15, -0.1) is 11.3 Å². The Morgan fingerprint density at radius 1 is 1.14 bits per heavy atom. The molecule has 0 radical (unpaired) electrons. The predicted octanol–water partition coefficient (Wildman–Crippen LogP) is 5.00. The van der Waals surface area contributed by atoms with Gasteiger partial charge in [0.1, 0.15) is 0 Å². The number of hydrogen-bond acceptors (Lipinski definition) is 4. The van der Waals surface area contributed by atoms with Crippen LogP contribution in [0.4, 0.5) is 5.13 Å². The van der Waals surface area contributed by atoms with Crippen molar-refractivity contribution in [3.05, 3.63) is 46.4 Å². The van der Waals surface area contributed by atoms with Crippen molar-refractivity contribution in [2.75, 3.05) is 5.32 Å². The Labute approximate surface area is 174 Å². The van der Waals surface area contributed by atoms with E-state index in [-0.39, 0.29) is 17.7 Å². The number of anilines is 1. The van der Waals surface area contributed by atoms with Crippen LogP contribution in [0.1, 0.15) is 39.2 Å². The number of carbonyl (C=O) groups excluding carboxylic acids is 1. The van der Waals surface area contributed by atoms with Crippen molar-refractivity contribution in [3.63, 3.8) is 0 Å². The van der Waals surface area contributed by atoms with Gasteiger partial charge in [-0.05, 0) is 50.5 Å². The lowest BCUT2D eigenvalue weighted by Gasteiger charge is -2.25. The summed E-state index contributed by atoms with van der Waals surface area (Å²) < 4.78 is 0. The zero-order valence-corrected chi connectivity index (χ0v) is 17.8. The summed E-state index contributed by atoms with van der Waals surface area (Å²) in [5, 5.41) is 15.2. The average Bonchev–Trinajstić information content (AvgIpc) is 3.41. The molecule has 0 aliphatic heterocycles. The van der Waals surface area contributed by atoms with E-state index in [1.54, 1.807) is 0 Å². The van der Waals surface area contributed by atoms with E-state index < -0.39 is 17.8 Å². The van der Waals surface area contributed by atoms with Crippen molar-refractivity contribution >= 4 is 28.3 Å². The Bertz CT molecular complexity index is 972. The van der Waals surface area contributed by atoms with Gasteiger partial charge in [0, 0.05) is 10.9 Å². The molecule has 0 saturated heterocycles. The number of amides is 1. The van der Waals surface area contributed by atoms with Gasteiger partial charge in [0.25, 0.3) is 0 Å². The Hall–Kier alpha value is -2.47. The molecule has 4 atom stereocenters. The average molecular weight is 411 g/mol. The zero-order valence-electron chi connectivity index (χ0n) is 16.9. The van der Waals surface area contributed by atoms with Crippen LogP contribution in [0.25, 0.3) is 11.3 Å². The molecule has 4 unspecified atom stereocenters. The molecule has 2 N–H and O–H groups in total. The van der Waals surface area contributed by atoms with Gasteiger partial charge in [0.05, 0.1) is 17.5 Å². The molecule has 29 heavy (non-hydrogen) atoms. The minimum atomic E-state index is -0.869. The Morgan fingerprint density at radius 3 is 2.38 bits per heavy atom. The van der Waals surface area contributed by atoms with E-state index in [4.69, 9.17) is 0 Å². The summed E-state index contributed by atoms with van der Waals surface area (Å²) in [6, 6.07) is 8.25. The quantitative estimate of drug-likeness (QED) is 0.680. The van der Waals surface area contributed by atoms with Crippen LogP contribution in [0.2, 0.25) is 0 Å². The maximum absolute atomic E-state index is 13.1. The minimum absolute atomic E-state index is 0.0119. The number of nitrogens with zero attached hydrogens (tertiary/aromatic N) is 1. The number of carboxylic acids is 1. The zero-order chi connectivity index (χ0) is 20.7. The van der Waals surface area contributed by atoms with Crippen molar-refractivity contribution in [3.8, 4) is 11.3 Å².